The van der Waals surface area contributed by atoms with Crippen LogP contribution in [0.15, 0.2) is 78.9 Å². The predicted octanol–water partition coefficient (Wildman–Crippen LogP) is 5.06. The lowest BCUT2D eigenvalue weighted by Crippen LogP contribution is -2.20. The Morgan fingerprint density at radius 2 is 1.47 bits per heavy atom. The largest absolute Gasteiger partial charge is 0.484 e. The Morgan fingerprint density at radius 3 is 2.20 bits per heavy atom. The molecule has 0 aliphatic rings. The molecule has 3 aromatic carbocycles. The van der Waals surface area contributed by atoms with E-state index in [0.717, 1.165) is 5.75 Å². The summed E-state index contributed by atoms with van der Waals surface area (Å²) in [5.74, 6) is 1.55. The molecule has 7 nitrogen and oxygen atoms in total. The van der Waals surface area contributed by atoms with Gasteiger partial charge < -0.3 is 19.5 Å². The number of para-hydroxylation sites is 1. The Morgan fingerprint density at radius 1 is 0.767 bits per heavy atom. The summed E-state index contributed by atoms with van der Waals surface area (Å²) >= 11 is 0. The standard InChI is InChI=1S/C23H22N2O5/c1-2-28-23(27)25-18-7-6-10-21(15-18)29-16-22(26)24-17-11-13-20(14-12-17)30-19-8-4-3-5-9-19/h3-15H,2,16H2,1H3,(H,24,26)(H,25,27). The van der Waals surface area contributed by atoms with Gasteiger partial charge in [0.1, 0.15) is 17.2 Å². The van der Waals surface area contributed by atoms with Crippen LogP contribution in [0, 0.1) is 0 Å². The van der Waals surface area contributed by atoms with Gasteiger partial charge in [0.15, 0.2) is 6.61 Å². The lowest BCUT2D eigenvalue weighted by atomic mass is 10.3. The fourth-order valence-electron chi connectivity index (χ4n) is 2.53. The molecule has 0 aromatic heterocycles. The predicted molar refractivity (Wildman–Crippen MR) is 114 cm³/mol. The smallest absolute Gasteiger partial charge is 0.411 e. The van der Waals surface area contributed by atoms with Crippen LogP contribution in [0.5, 0.6) is 17.2 Å². The molecule has 0 saturated heterocycles. The first-order chi connectivity index (χ1) is 14.6. The molecule has 154 valence electrons. The maximum atomic E-state index is 12.2. The zero-order chi connectivity index (χ0) is 21.2. The molecule has 0 heterocycles. The maximum absolute atomic E-state index is 12.2. The van der Waals surface area contributed by atoms with Crippen molar-refractivity contribution in [2.24, 2.45) is 0 Å². The number of amides is 2. The van der Waals surface area contributed by atoms with Gasteiger partial charge in [-0.05, 0) is 55.5 Å². The van der Waals surface area contributed by atoms with Crippen molar-refractivity contribution in [3.05, 3.63) is 78.9 Å². The molecule has 2 N–H and O–H groups in total. The monoisotopic (exact) mass is 406 g/mol. The lowest BCUT2D eigenvalue weighted by molar-refractivity contribution is -0.118. The summed E-state index contributed by atoms with van der Waals surface area (Å²) in [6.07, 6.45) is -0.549. The van der Waals surface area contributed by atoms with E-state index >= 15 is 0 Å². The molecule has 0 aliphatic carbocycles. The average Bonchev–Trinajstić information content (AvgIpc) is 2.75. The molecule has 0 spiro atoms. The topological polar surface area (TPSA) is 85.9 Å². The Hall–Kier alpha value is -4.00. The van der Waals surface area contributed by atoms with Gasteiger partial charge in [0, 0.05) is 17.4 Å². The molecule has 3 rings (SSSR count). The molecule has 0 radical (unpaired) electrons. The van der Waals surface area contributed by atoms with Crippen LogP contribution in [-0.4, -0.2) is 25.2 Å². The highest BCUT2D eigenvalue weighted by molar-refractivity contribution is 5.92. The van der Waals surface area contributed by atoms with Gasteiger partial charge in [-0.15, -0.1) is 0 Å². The zero-order valence-electron chi connectivity index (χ0n) is 16.5. The van der Waals surface area contributed by atoms with Gasteiger partial charge in [0.2, 0.25) is 0 Å². The summed E-state index contributed by atoms with van der Waals surface area (Å²) < 4.78 is 16.0. The normalized spacial score (nSPS) is 10.0. The van der Waals surface area contributed by atoms with Gasteiger partial charge in [-0.2, -0.15) is 0 Å². The van der Waals surface area contributed by atoms with Crippen LogP contribution in [0.3, 0.4) is 0 Å². The van der Waals surface area contributed by atoms with E-state index in [9.17, 15) is 9.59 Å². The molecule has 7 heteroatoms. The maximum Gasteiger partial charge on any atom is 0.411 e. The Balaban J connectivity index is 1.48. The highest BCUT2D eigenvalue weighted by Gasteiger charge is 2.07. The molecular weight excluding hydrogens is 384 g/mol. The summed E-state index contributed by atoms with van der Waals surface area (Å²) in [6, 6.07) is 23.2. The number of carbonyl (C=O) groups is 2. The third-order valence-electron chi connectivity index (χ3n) is 3.84. The second-order valence-electron chi connectivity index (χ2n) is 6.15. The van der Waals surface area contributed by atoms with Crippen LogP contribution in [0.25, 0.3) is 0 Å². The van der Waals surface area contributed by atoms with E-state index in [1.165, 1.54) is 0 Å². The first-order valence-electron chi connectivity index (χ1n) is 9.42. The minimum atomic E-state index is -0.549. The number of nitrogens with one attached hydrogen (secondary N) is 2. The first-order valence-corrected chi connectivity index (χ1v) is 9.42. The summed E-state index contributed by atoms with van der Waals surface area (Å²) in [6.45, 7) is 1.83. The van der Waals surface area contributed by atoms with E-state index in [-0.39, 0.29) is 19.1 Å². The molecule has 0 unspecified atom stereocenters. The van der Waals surface area contributed by atoms with Gasteiger partial charge in [0.05, 0.1) is 6.61 Å². The fourth-order valence-corrected chi connectivity index (χ4v) is 2.53. The minimum absolute atomic E-state index is 0.175. The third-order valence-corrected chi connectivity index (χ3v) is 3.84. The first kappa shape index (κ1) is 20.7. The van der Waals surface area contributed by atoms with Crippen molar-refractivity contribution < 1.29 is 23.8 Å². The van der Waals surface area contributed by atoms with Crippen LogP contribution < -0.4 is 20.1 Å². The number of carbonyl (C=O) groups excluding carboxylic acids is 2. The van der Waals surface area contributed by atoms with Gasteiger partial charge >= 0.3 is 6.09 Å². The molecule has 30 heavy (non-hydrogen) atoms. The second kappa shape index (κ2) is 10.5. The van der Waals surface area contributed by atoms with Crippen molar-refractivity contribution in [1.29, 1.82) is 0 Å². The van der Waals surface area contributed by atoms with Gasteiger partial charge in [0.25, 0.3) is 5.91 Å². The molecule has 0 bridgehead atoms. The lowest BCUT2D eigenvalue weighted by Gasteiger charge is -2.10. The van der Waals surface area contributed by atoms with E-state index in [2.05, 4.69) is 10.6 Å². The molecule has 0 aliphatic heterocycles. The van der Waals surface area contributed by atoms with Crippen LogP contribution >= 0.6 is 0 Å². The van der Waals surface area contributed by atoms with Crippen molar-refractivity contribution in [2.45, 2.75) is 6.92 Å². The van der Waals surface area contributed by atoms with E-state index in [4.69, 9.17) is 14.2 Å². The van der Waals surface area contributed by atoms with Crippen molar-refractivity contribution in [3.8, 4) is 17.2 Å². The Bertz CT molecular complexity index is 974. The highest BCUT2D eigenvalue weighted by Crippen LogP contribution is 2.23. The summed E-state index contributed by atoms with van der Waals surface area (Å²) in [5.41, 5.74) is 1.14. The van der Waals surface area contributed by atoms with E-state index < -0.39 is 6.09 Å². The van der Waals surface area contributed by atoms with E-state index in [0.29, 0.717) is 22.9 Å². The summed E-state index contributed by atoms with van der Waals surface area (Å²) in [5, 5.41) is 5.34. The number of benzene rings is 3. The van der Waals surface area contributed by atoms with Crippen molar-refractivity contribution in [3.63, 3.8) is 0 Å². The van der Waals surface area contributed by atoms with E-state index in [1.54, 1.807) is 55.5 Å². The molecule has 0 atom stereocenters. The number of ether oxygens (including phenoxy) is 3. The van der Waals surface area contributed by atoms with Crippen LogP contribution in [-0.2, 0) is 9.53 Å². The molecule has 3 aromatic rings. The highest BCUT2D eigenvalue weighted by atomic mass is 16.5. The van der Waals surface area contributed by atoms with Crippen molar-refractivity contribution in [1.82, 2.24) is 0 Å². The minimum Gasteiger partial charge on any atom is -0.484 e. The number of anilines is 2. The zero-order valence-corrected chi connectivity index (χ0v) is 16.5. The van der Waals surface area contributed by atoms with Crippen LogP contribution in [0.1, 0.15) is 6.92 Å². The molecule has 0 saturated carbocycles. The van der Waals surface area contributed by atoms with Gasteiger partial charge in [-0.3, -0.25) is 10.1 Å². The average molecular weight is 406 g/mol. The SMILES string of the molecule is CCOC(=O)Nc1cccc(OCC(=O)Nc2ccc(Oc3ccccc3)cc2)c1. The quantitative estimate of drug-likeness (QED) is 0.546. The fraction of sp³-hybridized carbons (Fsp3) is 0.130. The second-order valence-corrected chi connectivity index (χ2v) is 6.15. The van der Waals surface area contributed by atoms with Crippen LogP contribution in [0.2, 0.25) is 0 Å². The van der Waals surface area contributed by atoms with Crippen LogP contribution in [0.4, 0.5) is 16.2 Å². The summed E-state index contributed by atoms with van der Waals surface area (Å²) in [4.78, 5) is 23.6. The third kappa shape index (κ3) is 6.56. The Labute approximate surface area is 174 Å². The summed E-state index contributed by atoms with van der Waals surface area (Å²) in [7, 11) is 0. The molecule has 0 fully saturated rings. The van der Waals surface area contributed by atoms with Gasteiger partial charge in [-0.25, -0.2) is 4.79 Å². The number of hydrogen-bond donors (Lipinski definition) is 2. The molecular formula is C23H22N2O5. The Kier molecular flexibility index (Phi) is 7.27. The van der Waals surface area contributed by atoms with E-state index in [1.807, 2.05) is 30.3 Å². The van der Waals surface area contributed by atoms with Crippen molar-refractivity contribution >= 4 is 23.4 Å². The number of rotatable bonds is 8. The molecule has 2 amide bonds. The van der Waals surface area contributed by atoms with Gasteiger partial charge in [-0.1, -0.05) is 24.3 Å². The number of hydrogen-bond acceptors (Lipinski definition) is 5. The van der Waals surface area contributed by atoms with Crippen molar-refractivity contribution in [2.75, 3.05) is 23.8 Å².